The minimum atomic E-state index is -1.20. The molecule has 0 saturated heterocycles. The van der Waals surface area contributed by atoms with Crippen molar-refractivity contribution in [1.82, 2.24) is 0 Å². The highest BCUT2D eigenvalue weighted by atomic mass is 32.1. The smallest absolute Gasteiger partial charge is 0.270 e. The number of hydrogen-bond acceptors (Lipinski definition) is 9. The zero-order valence-electron chi connectivity index (χ0n) is 29.4. The fourth-order valence-electron chi connectivity index (χ4n) is 8.97. The molecule has 4 aromatic heterocycles. The maximum Gasteiger partial charge on any atom is 0.270 e. The molecule has 10 rings (SSSR count). The minimum Gasteiger partial charge on any atom is -0.289 e. The van der Waals surface area contributed by atoms with Gasteiger partial charge in [0.2, 0.25) is 0 Å². The Balaban J connectivity index is 1.10. The van der Waals surface area contributed by atoms with Crippen LogP contribution in [0.15, 0.2) is 58.8 Å². The number of allylic oxidation sites excluding steroid dienone is 6. The summed E-state index contributed by atoms with van der Waals surface area (Å²) in [6, 6.07) is 12.7. The summed E-state index contributed by atoms with van der Waals surface area (Å²) in [7, 11) is 0. The zero-order valence-corrected chi connectivity index (χ0v) is 32.7. The van der Waals surface area contributed by atoms with Crippen LogP contribution < -0.4 is 0 Å². The van der Waals surface area contributed by atoms with E-state index in [1.807, 2.05) is 30.3 Å². The van der Waals surface area contributed by atoms with Crippen LogP contribution in [0.3, 0.4) is 0 Å². The van der Waals surface area contributed by atoms with Crippen molar-refractivity contribution in [2.24, 2.45) is 0 Å². The molecule has 0 bridgehead atoms. The van der Waals surface area contributed by atoms with Crippen LogP contribution in [-0.2, 0) is 5.41 Å². The molecule has 6 nitrogen and oxygen atoms in total. The molecule has 2 aromatic carbocycles. The van der Waals surface area contributed by atoms with Crippen LogP contribution in [0.4, 0.5) is 17.6 Å². The van der Waals surface area contributed by atoms with Gasteiger partial charge in [-0.3, -0.25) is 9.59 Å². The van der Waals surface area contributed by atoms with Gasteiger partial charge in [0.1, 0.15) is 17.7 Å². The van der Waals surface area contributed by atoms with Gasteiger partial charge >= 0.3 is 0 Å². The molecule has 1 saturated carbocycles. The molecule has 0 amide bonds. The Kier molecular flexibility index (Phi) is 8.02. The van der Waals surface area contributed by atoms with E-state index in [2.05, 4.69) is 4.85 Å². The van der Waals surface area contributed by atoms with Gasteiger partial charge in [-0.25, -0.2) is 27.7 Å². The van der Waals surface area contributed by atoms with Crippen molar-refractivity contribution in [2.75, 3.05) is 0 Å². The standard InChI is InChI=1S/C44H18F4N4O2S4/c1-52-31(17-51)35-22-12-28(46)30(48)14-24(22)39(54)26(35)8-20-10-33-41(56-20)37-43(58-33)42-36(44(37)5-3-2-4-6-44)40-32(57-42)9-19(55-40)7-25-34(18(15-49)16-50)21-11-27(45)29(47)13-23(21)38(25)53/h7-14H,2-6H2/b25-7+,26-8-,35-31?. The van der Waals surface area contributed by atoms with Crippen molar-refractivity contribution in [2.45, 2.75) is 37.5 Å². The molecule has 0 unspecified atom stereocenters. The number of thiophene rings is 4. The number of halogens is 4. The number of carbonyl (C=O) groups is 2. The number of hydrogen-bond donors (Lipinski definition) is 0. The maximum absolute atomic E-state index is 14.4. The average Bonchev–Trinajstić information content (AvgIpc) is 4.06. The molecular weight excluding hydrogens is 821 g/mol. The summed E-state index contributed by atoms with van der Waals surface area (Å²) in [4.78, 5) is 34.3. The van der Waals surface area contributed by atoms with Crippen molar-refractivity contribution < 1.29 is 27.2 Å². The normalized spacial score (nSPS) is 18.4. The predicted molar refractivity (Wildman–Crippen MR) is 217 cm³/mol. The highest BCUT2D eigenvalue weighted by Gasteiger charge is 2.49. The molecule has 58 heavy (non-hydrogen) atoms. The van der Waals surface area contributed by atoms with Crippen LogP contribution in [-0.4, -0.2) is 11.6 Å². The van der Waals surface area contributed by atoms with Crippen LogP contribution in [0.5, 0.6) is 0 Å². The number of Topliss-reactive ketones (excluding diaryl/α,β-unsaturated/α-hetero) is 2. The Morgan fingerprint density at radius 2 is 1.09 bits per heavy atom. The molecule has 6 aromatic rings. The molecule has 0 radical (unpaired) electrons. The van der Waals surface area contributed by atoms with Gasteiger partial charge in [0.15, 0.2) is 34.8 Å². The van der Waals surface area contributed by atoms with Crippen LogP contribution in [0.2, 0.25) is 0 Å². The molecular formula is C44H18F4N4O2S4. The second-order valence-corrected chi connectivity index (χ2v) is 18.5. The lowest BCUT2D eigenvalue weighted by Gasteiger charge is -2.35. The van der Waals surface area contributed by atoms with Gasteiger partial charge in [-0.1, -0.05) is 19.3 Å². The monoisotopic (exact) mass is 838 g/mol. The summed E-state index contributed by atoms with van der Waals surface area (Å²) in [5.41, 5.74) is 1.15. The van der Waals surface area contributed by atoms with Crippen LogP contribution in [0.1, 0.15) is 84.8 Å². The Bertz CT molecular complexity index is 3050. The van der Waals surface area contributed by atoms with E-state index < -0.39 is 40.5 Å². The van der Waals surface area contributed by atoms with E-state index in [4.69, 9.17) is 6.57 Å². The average molecular weight is 839 g/mol. The van der Waals surface area contributed by atoms with Gasteiger partial charge in [-0.2, -0.15) is 10.5 Å². The van der Waals surface area contributed by atoms with Crippen molar-refractivity contribution in [3.05, 3.63) is 137 Å². The van der Waals surface area contributed by atoms with Crippen LogP contribution >= 0.6 is 45.3 Å². The molecule has 0 N–H and O–H groups in total. The largest absolute Gasteiger partial charge is 0.289 e. The third-order valence-electron chi connectivity index (χ3n) is 11.3. The van der Waals surface area contributed by atoms with E-state index >= 15 is 0 Å². The Labute approximate surface area is 342 Å². The van der Waals surface area contributed by atoms with Crippen molar-refractivity contribution in [3.8, 4) is 28.0 Å². The van der Waals surface area contributed by atoms with Gasteiger partial charge in [0, 0.05) is 69.1 Å². The maximum atomic E-state index is 14.4. The second kappa shape index (κ2) is 12.9. The predicted octanol–water partition coefficient (Wildman–Crippen LogP) is 12.5. The minimum absolute atomic E-state index is 0.00172. The number of rotatable bonds is 2. The summed E-state index contributed by atoms with van der Waals surface area (Å²) in [5, 5.41) is 29.3. The van der Waals surface area contributed by atoms with Crippen LogP contribution in [0.25, 0.3) is 56.7 Å². The van der Waals surface area contributed by atoms with E-state index in [0.717, 1.165) is 75.2 Å². The quantitative estimate of drug-likeness (QED) is 0.0746. The molecule has 4 heterocycles. The van der Waals surface area contributed by atoms with E-state index in [1.165, 1.54) is 43.6 Å². The van der Waals surface area contributed by atoms with Gasteiger partial charge in [0.05, 0.1) is 31.8 Å². The zero-order chi connectivity index (χ0) is 40.4. The van der Waals surface area contributed by atoms with Gasteiger partial charge in [-0.05, 0) is 72.5 Å². The highest BCUT2D eigenvalue weighted by molar-refractivity contribution is 7.35. The Hall–Kier alpha value is -6.26. The summed E-state index contributed by atoms with van der Waals surface area (Å²) in [6.07, 6.45) is 8.07. The number of nitriles is 3. The molecule has 4 aliphatic rings. The van der Waals surface area contributed by atoms with E-state index in [9.17, 15) is 42.9 Å². The van der Waals surface area contributed by atoms with Crippen LogP contribution in [0, 0.1) is 63.8 Å². The molecule has 0 aliphatic heterocycles. The molecule has 1 spiro atoms. The first-order valence-electron chi connectivity index (χ1n) is 17.7. The number of ketones is 2. The molecule has 1 fully saturated rings. The van der Waals surface area contributed by atoms with Crippen molar-refractivity contribution >= 4 is 99.0 Å². The van der Waals surface area contributed by atoms with E-state index in [-0.39, 0.29) is 55.5 Å². The van der Waals surface area contributed by atoms with Crippen molar-refractivity contribution in [3.63, 3.8) is 0 Å². The van der Waals surface area contributed by atoms with Crippen molar-refractivity contribution in [1.29, 1.82) is 15.8 Å². The van der Waals surface area contributed by atoms with E-state index in [0.29, 0.717) is 9.75 Å². The third-order valence-corrected chi connectivity index (χ3v) is 16.2. The lowest BCUT2D eigenvalue weighted by Crippen LogP contribution is -2.27. The topological polar surface area (TPSA) is 110 Å². The first kappa shape index (κ1) is 36.1. The number of fused-ring (bicyclic) bond motifs is 11. The molecule has 0 atom stereocenters. The number of carbonyl (C=O) groups excluding carboxylic acids is 2. The highest BCUT2D eigenvalue weighted by Crippen LogP contribution is 2.66. The first-order valence-corrected chi connectivity index (χ1v) is 21.0. The number of nitrogens with zero attached hydrogens (tertiary/aromatic N) is 4. The van der Waals surface area contributed by atoms with Gasteiger partial charge in [0.25, 0.3) is 5.70 Å². The SMILES string of the molecule is [C-]#[N+]C(C#N)=C1/C(=C/c2cc3sc4c(c3s2)C2(CCCCC2)c2c-4sc3cc(/C=C4/C(=O)c5cc(F)c(F)cc5C4=C(C#N)C#N)sc23)C(=O)c2cc(F)c(F)cc21. The summed E-state index contributed by atoms with van der Waals surface area (Å²) in [5.74, 6) is -5.98. The number of benzene rings is 2. The van der Waals surface area contributed by atoms with Gasteiger partial charge in [-0.15, -0.1) is 45.3 Å². The fraction of sp³-hybridized carbons (Fsp3) is 0.136. The lowest BCUT2D eigenvalue weighted by molar-refractivity contribution is 0.103. The Morgan fingerprint density at radius 3 is 1.53 bits per heavy atom. The summed E-state index contributed by atoms with van der Waals surface area (Å²) in [6.45, 7) is 7.59. The fourth-order valence-corrected chi connectivity index (χ4v) is 14.7. The first-order chi connectivity index (χ1) is 28.0. The molecule has 14 heteroatoms. The lowest BCUT2D eigenvalue weighted by atomic mass is 9.68. The summed E-state index contributed by atoms with van der Waals surface area (Å²) < 4.78 is 61.5. The molecule has 278 valence electrons. The third kappa shape index (κ3) is 4.87. The molecule has 4 aliphatic carbocycles. The van der Waals surface area contributed by atoms with E-state index in [1.54, 1.807) is 34.8 Å². The van der Waals surface area contributed by atoms with Gasteiger partial charge < -0.3 is 0 Å². The Morgan fingerprint density at radius 1 is 0.638 bits per heavy atom. The second-order valence-electron chi connectivity index (χ2n) is 14.3. The summed E-state index contributed by atoms with van der Waals surface area (Å²) >= 11 is 6.28.